The summed E-state index contributed by atoms with van der Waals surface area (Å²) in [7, 11) is 0. The van der Waals surface area contributed by atoms with Crippen molar-refractivity contribution in [2.75, 3.05) is 0 Å². The van der Waals surface area contributed by atoms with E-state index in [1.165, 1.54) is 19.3 Å². The van der Waals surface area contributed by atoms with Crippen LogP contribution < -0.4 is 5.32 Å². The van der Waals surface area contributed by atoms with Gasteiger partial charge in [0.1, 0.15) is 0 Å². The number of rotatable bonds is 6. The minimum Gasteiger partial charge on any atom is -0.348 e. The van der Waals surface area contributed by atoms with E-state index in [0.29, 0.717) is 18.3 Å². The average molecular weight is 378 g/mol. The van der Waals surface area contributed by atoms with E-state index >= 15 is 0 Å². The molecule has 2 aromatic heterocycles. The van der Waals surface area contributed by atoms with Gasteiger partial charge in [-0.2, -0.15) is 5.10 Å². The molecule has 4 rings (SSSR count). The van der Waals surface area contributed by atoms with Crippen LogP contribution in [0.1, 0.15) is 62.6 Å². The van der Waals surface area contributed by atoms with E-state index in [2.05, 4.69) is 20.0 Å². The van der Waals surface area contributed by atoms with Gasteiger partial charge in [0.05, 0.1) is 18.4 Å². The third kappa shape index (κ3) is 4.13. The van der Waals surface area contributed by atoms with Gasteiger partial charge in [-0.05, 0) is 12.8 Å². The molecule has 1 aliphatic rings. The van der Waals surface area contributed by atoms with Gasteiger partial charge >= 0.3 is 0 Å². The minimum absolute atomic E-state index is 0.0797. The molecular weight excluding hydrogens is 352 g/mol. The number of hydrogen-bond acceptors (Lipinski definition) is 4. The maximum Gasteiger partial charge on any atom is 0.217 e. The molecule has 2 N–H and O–H groups in total. The van der Waals surface area contributed by atoms with Crippen LogP contribution >= 0.6 is 0 Å². The van der Waals surface area contributed by atoms with E-state index in [0.717, 1.165) is 29.9 Å². The van der Waals surface area contributed by atoms with Gasteiger partial charge in [-0.1, -0.05) is 49.6 Å². The number of nitrogens with zero attached hydrogens (tertiary/aromatic N) is 4. The zero-order valence-electron chi connectivity index (χ0n) is 16.1. The van der Waals surface area contributed by atoms with Crippen LogP contribution in [0.15, 0.2) is 42.9 Å². The van der Waals surface area contributed by atoms with Crippen LogP contribution in [0.3, 0.4) is 0 Å². The van der Waals surface area contributed by atoms with Gasteiger partial charge in [0.15, 0.2) is 11.6 Å². The fourth-order valence-electron chi connectivity index (χ4n) is 3.95. The van der Waals surface area contributed by atoms with Crippen LogP contribution in [0.25, 0.3) is 11.4 Å². The molecule has 1 saturated carbocycles. The predicted molar refractivity (Wildman–Crippen MR) is 106 cm³/mol. The van der Waals surface area contributed by atoms with Crippen molar-refractivity contribution in [1.82, 2.24) is 30.0 Å². The van der Waals surface area contributed by atoms with E-state index in [1.807, 2.05) is 30.3 Å². The summed E-state index contributed by atoms with van der Waals surface area (Å²) < 4.78 is 2.07. The molecule has 0 radical (unpaired) electrons. The van der Waals surface area contributed by atoms with Crippen LogP contribution in [0.2, 0.25) is 0 Å². The molecule has 1 atom stereocenters. The fraction of sp³-hybridized carbons (Fsp3) is 0.429. The zero-order valence-corrected chi connectivity index (χ0v) is 16.1. The van der Waals surface area contributed by atoms with Gasteiger partial charge in [-0.3, -0.25) is 4.79 Å². The molecule has 1 aliphatic carbocycles. The van der Waals surface area contributed by atoms with E-state index in [-0.39, 0.29) is 11.9 Å². The standard InChI is InChI=1S/C21H26N6O/c1-15(28)24-19(12-17-13-22-14-23-17)21-25-20(16-8-4-2-5-9-16)26-27(21)18-10-6-3-7-11-18/h2,4-5,8-9,13-14,18-19H,3,6-7,10-12H2,1H3,(H,22,23)(H,24,28)/t19-/m0/s1. The third-order valence-electron chi connectivity index (χ3n) is 5.28. The Hall–Kier alpha value is -2.96. The number of hydrogen-bond donors (Lipinski definition) is 2. The number of aromatic amines is 1. The summed E-state index contributed by atoms with van der Waals surface area (Å²) >= 11 is 0. The molecule has 0 spiro atoms. The summed E-state index contributed by atoms with van der Waals surface area (Å²) in [6.07, 6.45) is 9.92. The topological polar surface area (TPSA) is 88.5 Å². The number of carbonyl (C=O) groups excluding carboxylic acids is 1. The lowest BCUT2D eigenvalue weighted by Crippen LogP contribution is -2.31. The van der Waals surface area contributed by atoms with Crippen molar-refractivity contribution in [3.05, 3.63) is 54.4 Å². The first-order chi connectivity index (χ1) is 13.7. The highest BCUT2D eigenvalue weighted by molar-refractivity contribution is 5.73. The largest absolute Gasteiger partial charge is 0.348 e. The SMILES string of the molecule is CC(=O)N[C@@H](Cc1cnc[nH]1)c1nc(-c2ccccc2)nn1C1CCCCC1. The van der Waals surface area contributed by atoms with Crippen molar-refractivity contribution in [1.29, 1.82) is 0 Å². The first-order valence-corrected chi connectivity index (χ1v) is 9.97. The summed E-state index contributed by atoms with van der Waals surface area (Å²) in [4.78, 5) is 24.0. The van der Waals surface area contributed by atoms with Gasteiger partial charge in [0.2, 0.25) is 5.91 Å². The number of benzene rings is 1. The Bertz CT molecular complexity index is 896. The summed E-state index contributed by atoms with van der Waals surface area (Å²) in [6, 6.07) is 10.1. The van der Waals surface area contributed by atoms with Crippen molar-refractivity contribution >= 4 is 5.91 Å². The highest BCUT2D eigenvalue weighted by atomic mass is 16.1. The lowest BCUT2D eigenvalue weighted by Gasteiger charge is -2.25. The number of amides is 1. The summed E-state index contributed by atoms with van der Waals surface area (Å²) in [6.45, 7) is 1.54. The monoisotopic (exact) mass is 378 g/mol. The second-order valence-electron chi connectivity index (χ2n) is 7.43. The Balaban J connectivity index is 1.74. The first kappa shape index (κ1) is 18.4. The number of nitrogens with one attached hydrogen (secondary N) is 2. The third-order valence-corrected chi connectivity index (χ3v) is 5.28. The molecule has 0 aliphatic heterocycles. The van der Waals surface area contributed by atoms with Crippen molar-refractivity contribution < 1.29 is 4.79 Å². The molecular formula is C21H26N6O. The van der Waals surface area contributed by atoms with Crippen LogP contribution in [0.5, 0.6) is 0 Å². The van der Waals surface area contributed by atoms with Crippen LogP contribution in [-0.4, -0.2) is 30.6 Å². The summed E-state index contributed by atoms with van der Waals surface area (Å²) in [5.41, 5.74) is 1.94. The molecule has 2 heterocycles. The molecule has 1 amide bonds. The normalized spacial score (nSPS) is 16.0. The Kier molecular flexibility index (Phi) is 5.50. The lowest BCUT2D eigenvalue weighted by atomic mass is 9.95. The molecule has 146 valence electrons. The molecule has 28 heavy (non-hydrogen) atoms. The second kappa shape index (κ2) is 8.37. The number of aromatic nitrogens is 5. The van der Waals surface area contributed by atoms with E-state index in [9.17, 15) is 4.79 Å². The second-order valence-corrected chi connectivity index (χ2v) is 7.43. The molecule has 0 unspecified atom stereocenters. The maximum absolute atomic E-state index is 11.9. The Morgan fingerprint density at radius 1 is 1.25 bits per heavy atom. The van der Waals surface area contributed by atoms with Gasteiger partial charge in [0.25, 0.3) is 0 Å². The number of H-pyrrole nitrogens is 1. The summed E-state index contributed by atoms with van der Waals surface area (Å²) in [5, 5.41) is 7.96. The highest BCUT2D eigenvalue weighted by Gasteiger charge is 2.27. The minimum atomic E-state index is -0.259. The fourth-order valence-corrected chi connectivity index (χ4v) is 3.95. The van der Waals surface area contributed by atoms with Gasteiger partial charge in [0, 0.05) is 30.8 Å². The molecule has 7 heteroatoms. The summed E-state index contributed by atoms with van der Waals surface area (Å²) in [5.74, 6) is 1.45. The van der Waals surface area contributed by atoms with Gasteiger partial charge < -0.3 is 10.3 Å². The zero-order chi connectivity index (χ0) is 19.3. The lowest BCUT2D eigenvalue weighted by molar-refractivity contribution is -0.119. The maximum atomic E-state index is 11.9. The van der Waals surface area contributed by atoms with Crippen molar-refractivity contribution in [3.8, 4) is 11.4 Å². The predicted octanol–water partition coefficient (Wildman–Crippen LogP) is 3.59. The molecule has 0 bridgehead atoms. The van der Waals surface area contributed by atoms with E-state index < -0.39 is 0 Å². The molecule has 3 aromatic rings. The van der Waals surface area contributed by atoms with E-state index in [1.54, 1.807) is 19.4 Å². The van der Waals surface area contributed by atoms with Crippen molar-refractivity contribution in [3.63, 3.8) is 0 Å². The van der Waals surface area contributed by atoms with Crippen LogP contribution in [-0.2, 0) is 11.2 Å². The number of carbonyl (C=O) groups is 1. The average Bonchev–Trinajstić information content (AvgIpc) is 3.38. The molecule has 1 fully saturated rings. The van der Waals surface area contributed by atoms with Crippen molar-refractivity contribution in [2.24, 2.45) is 0 Å². The van der Waals surface area contributed by atoms with Crippen LogP contribution in [0, 0.1) is 0 Å². The van der Waals surface area contributed by atoms with Gasteiger partial charge in [-0.15, -0.1) is 0 Å². The molecule has 0 saturated heterocycles. The molecule has 1 aromatic carbocycles. The van der Waals surface area contributed by atoms with Crippen LogP contribution in [0.4, 0.5) is 0 Å². The van der Waals surface area contributed by atoms with E-state index in [4.69, 9.17) is 10.1 Å². The molecule has 7 nitrogen and oxygen atoms in total. The van der Waals surface area contributed by atoms with Crippen molar-refractivity contribution in [2.45, 2.75) is 57.5 Å². The Labute approximate surface area is 164 Å². The smallest absolute Gasteiger partial charge is 0.217 e. The number of imidazole rings is 1. The Morgan fingerprint density at radius 2 is 2.04 bits per heavy atom. The van der Waals surface area contributed by atoms with Gasteiger partial charge in [-0.25, -0.2) is 14.6 Å². The Morgan fingerprint density at radius 3 is 2.71 bits per heavy atom. The highest BCUT2D eigenvalue weighted by Crippen LogP contribution is 2.32. The quantitative estimate of drug-likeness (QED) is 0.686. The first-order valence-electron chi connectivity index (χ1n) is 9.97.